The second-order valence-corrected chi connectivity index (χ2v) is 7.61. The summed E-state index contributed by atoms with van der Waals surface area (Å²) in [5.74, 6) is 0.866. The zero-order chi connectivity index (χ0) is 22.1. The van der Waals surface area contributed by atoms with E-state index in [4.69, 9.17) is 4.74 Å². The van der Waals surface area contributed by atoms with Crippen molar-refractivity contribution in [2.24, 2.45) is 0 Å². The van der Waals surface area contributed by atoms with Crippen molar-refractivity contribution in [1.82, 2.24) is 0 Å². The average Bonchev–Trinajstić information content (AvgIpc) is 2.83. The molecule has 4 nitrogen and oxygen atoms in total. The van der Waals surface area contributed by atoms with Gasteiger partial charge in [0, 0.05) is 5.57 Å². The first-order valence-electron chi connectivity index (χ1n) is 10.6. The van der Waals surface area contributed by atoms with Crippen LogP contribution in [0.5, 0.6) is 5.75 Å². The van der Waals surface area contributed by atoms with Crippen molar-refractivity contribution in [3.05, 3.63) is 102 Å². The van der Waals surface area contributed by atoms with Gasteiger partial charge in [0.25, 0.3) is 0 Å². The standard InChI is InChI=1S/C27H29NO3.ClH/c1-20(27(30)23-11-7-4-8-12-23)28-18-17-26(29)25(22-9-5-3-6-10-22)19-21-13-15-24(31-2)16-14-21;/h3-16,19-20,27-28,30H,17-18H2,1-2H3;1H/b25-19+;. The lowest BCUT2D eigenvalue weighted by Gasteiger charge is -2.18. The number of carbonyl (C=O) groups excluding carboxylic acids is 1. The molecule has 3 aromatic rings. The summed E-state index contributed by atoms with van der Waals surface area (Å²) in [7, 11) is 1.63. The highest BCUT2D eigenvalue weighted by atomic mass is 35.5. The number of methoxy groups -OCH3 is 1. The average molecular weight is 452 g/mol. The second-order valence-electron chi connectivity index (χ2n) is 7.61. The molecule has 2 unspecified atom stereocenters. The van der Waals surface area contributed by atoms with Gasteiger partial charge in [0.1, 0.15) is 17.9 Å². The first-order chi connectivity index (χ1) is 15.1. The summed E-state index contributed by atoms with van der Waals surface area (Å²) in [4.78, 5) is 13.1. The number of halogens is 1. The molecule has 32 heavy (non-hydrogen) atoms. The van der Waals surface area contributed by atoms with Gasteiger partial charge in [-0.1, -0.05) is 72.8 Å². The molecule has 2 atom stereocenters. The predicted octanol–water partition coefficient (Wildman–Crippen LogP) is 0.885. The molecule has 168 valence electrons. The van der Waals surface area contributed by atoms with Gasteiger partial charge in [-0.2, -0.15) is 0 Å². The highest BCUT2D eigenvalue weighted by Crippen LogP contribution is 2.22. The van der Waals surface area contributed by atoms with Crippen molar-refractivity contribution in [1.29, 1.82) is 0 Å². The van der Waals surface area contributed by atoms with Gasteiger partial charge in [0.2, 0.25) is 0 Å². The van der Waals surface area contributed by atoms with Crippen molar-refractivity contribution in [3.8, 4) is 5.75 Å². The number of rotatable bonds is 10. The smallest absolute Gasteiger partial charge is 0.169 e. The van der Waals surface area contributed by atoms with Crippen molar-refractivity contribution in [3.63, 3.8) is 0 Å². The molecule has 0 saturated carbocycles. The molecule has 0 aliphatic rings. The summed E-state index contributed by atoms with van der Waals surface area (Å²) in [5.41, 5.74) is 3.43. The lowest BCUT2D eigenvalue weighted by atomic mass is 9.97. The van der Waals surface area contributed by atoms with Crippen LogP contribution in [-0.4, -0.2) is 30.6 Å². The number of Topliss-reactive ketones (excluding diaryl/α,β-unsaturated/α-hetero) is 1. The van der Waals surface area contributed by atoms with Gasteiger partial charge in [-0.25, -0.2) is 0 Å². The summed E-state index contributed by atoms with van der Waals surface area (Å²) in [6, 6.07) is 27.0. The zero-order valence-electron chi connectivity index (χ0n) is 18.4. The largest absolute Gasteiger partial charge is 1.00 e. The maximum absolute atomic E-state index is 13.1. The molecule has 0 fully saturated rings. The molecule has 3 rings (SSSR count). The van der Waals surface area contributed by atoms with Crippen LogP contribution in [0.25, 0.3) is 11.6 Å². The maximum Gasteiger partial charge on any atom is 0.169 e. The molecule has 0 bridgehead atoms. The van der Waals surface area contributed by atoms with Gasteiger partial charge < -0.3 is 27.6 Å². The first kappa shape index (κ1) is 25.3. The summed E-state index contributed by atoms with van der Waals surface area (Å²) in [5, 5.41) is 12.6. The lowest BCUT2D eigenvalue weighted by molar-refractivity contribution is -0.693. The third-order valence-electron chi connectivity index (χ3n) is 5.36. The number of hydrogen-bond acceptors (Lipinski definition) is 3. The van der Waals surface area contributed by atoms with E-state index in [9.17, 15) is 9.90 Å². The van der Waals surface area contributed by atoms with Gasteiger partial charge in [0.05, 0.1) is 20.1 Å². The van der Waals surface area contributed by atoms with E-state index in [1.54, 1.807) is 7.11 Å². The van der Waals surface area contributed by atoms with Crippen LogP contribution in [0, 0.1) is 0 Å². The molecule has 5 heteroatoms. The first-order valence-corrected chi connectivity index (χ1v) is 10.6. The normalized spacial score (nSPS) is 13.0. The Bertz CT molecular complexity index is 988. The fraction of sp³-hybridized carbons (Fsp3) is 0.222. The van der Waals surface area contributed by atoms with Gasteiger partial charge >= 0.3 is 0 Å². The topological polar surface area (TPSA) is 63.1 Å². The molecule has 0 radical (unpaired) electrons. The Morgan fingerprint density at radius 3 is 2.16 bits per heavy atom. The van der Waals surface area contributed by atoms with E-state index in [1.807, 2.05) is 103 Å². The zero-order valence-corrected chi connectivity index (χ0v) is 19.2. The van der Waals surface area contributed by atoms with Gasteiger partial charge in [-0.15, -0.1) is 0 Å². The van der Waals surface area contributed by atoms with Crippen molar-refractivity contribution < 1.29 is 32.4 Å². The van der Waals surface area contributed by atoms with E-state index in [1.165, 1.54) is 0 Å². The van der Waals surface area contributed by atoms with Crippen LogP contribution in [0.4, 0.5) is 0 Å². The number of carbonyl (C=O) groups is 1. The number of nitrogens with two attached hydrogens (primary N) is 1. The van der Waals surface area contributed by atoms with Crippen LogP contribution >= 0.6 is 0 Å². The molecule has 0 heterocycles. The Hall–Kier alpha value is -2.92. The Kier molecular flexibility index (Phi) is 10.2. The molecule has 0 saturated heterocycles. The minimum Gasteiger partial charge on any atom is -1.00 e. The SMILES string of the molecule is COc1ccc(/C=C(/C(=O)CC[NH2+]C(C)C(O)c2ccccc2)c2ccccc2)cc1.[Cl-]. The van der Waals surface area contributed by atoms with Crippen LogP contribution in [0.1, 0.15) is 36.1 Å². The van der Waals surface area contributed by atoms with Crippen LogP contribution < -0.4 is 22.5 Å². The van der Waals surface area contributed by atoms with Gasteiger partial charge in [-0.3, -0.25) is 4.79 Å². The van der Waals surface area contributed by atoms with E-state index in [0.717, 1.165) is 22.4 Å². The van der Waals surface area contributed by atoms with E-state index in [2.05, 4.69) is 0 Å². The van der Waals surface area contributed by atoms with Crippen LogP contribution in [0.3, 0.4) is 0 Å². The van der Waals surface area contributed by atoms with E-state index < -0.39 is 6.10 Å². The summed E-state index contributed by atoms with van der Waals surface area (Å²) in [6.07, 6.45) is 1.75. The van der Waals surface area contributed by atoms with Gasteiger partial charge in [0.15, 0.2) is 5.78 Å². The third-order valence-corrected chi connectivity index (χ3v) is 5.36. The molecular formula is C27H30ClNO3. The fourth-order valence-corrected chi connectivity index (χ4v) is 3.50. The molecule has 3 N–H and O–H groups in total. The third kappa shape index (κ3) is 7.06. The number of benzene rings is 3. The van der Waals surface area contributed by atoms with Crippen LogP contribution in [-0.2, 0) is 4.79 Å². The Morgan fingerprint density at radius 2 is 1.56 bits per heavy atom. The van der Waals surface area contributed by atoms with E-state index in [-0.39, 0.29) is 24.2 Å². The molecule has 0 aromatic heterocycles. The molecule has 3 aromatic carbocycles. The summed E-state index contributed by atoms with van der Waals surface area (Å²) >= 11 is 0. The number of allylic oxidation sites excluding steroid dienone is 1. The highest BCUT2D eigenvalue weighted by Gasteiger charge is 2.20. The number of aliphatic hydroxyl groups is 1. The molecule has 0 amide bonds. The number of aliphatic hydroxyl groups excluding tert-OH is 1. The van der Waals surface area contributed by atoms with Crippen molar-refractivity contribution >= 4 is 17.4 Å². The second kappa shape index (κ2) is 12.8. The number of quaternary nitrogens is 1. The Labute approximate surface area is 196 Å². The fourth-order valence-electron chi connectivity index (χ4n) is 3.50. The molecular weight excluding hydrogens is 422 g/mol. The molecule has 0 aliphatic heterocycles. The maximum atomic E-state index is 13.1. The monoisotopic (exact) mass is 451 g/mol. The van der Waals surface area contributed by atoms with Crippen molar-refractivity contribution in [2.75, 3.05) is 13.7 Å². The van der Waals surface area contributed by atoms with E-state index >= 15 is 0 Å². The minimum atomic E-state index is -0.570. The molecule has 0 spiro atoms. The van der Waals surface area contributed by atoms with Crippen molar-refractivity contribution in [2.45, 2.75) is 25.5 Å². The Morgan fingerprint density at radius 1 is 0.969 bits per heavy atom. The summed E-state index contributed by atoms with van der Waals surface area (Å²) in [6.45, 7) is 2.59. The number of hydrogen-bond donors (Lipinski definition) is 2. The van der Waals surface area contributed by atoms with Gasteiger partial charge in [-0.05, 0) is 41.8 Å². The van der Waals surface area contributed by atoms with Crippen LogP contribution in [0.15, 0.2) is 84.9 Å². The van der Waals surface area contributed by atoms with E-state index in [0.29, 0.717) is 18.5 Å². The Balaban J connectivity index is 0.00000363. The predicted molar refractivity (Wildman–Crippen MR) is 125 cm³/mol. The summed E-state index contributed by atoms with van der Waals surface area (Å²) < 4.78 is 5.22. The lowest BCUT2D eigenvalue weighted by Crippen LogP contribution is -3.00. The quantitative estimate of drug-likeness (QED) is 0.355. The molecule has 0 aliphatic carbocycles. The van der Waals surface area contributed by atoms with Crippen LogP contribution in [0.2, 0.25) is 0 Å². The number of ether oxygens (including phenoxy) is 1. The minimum absolute atomic E-state index is 0. The number of ketones is 1. The highest BCUT2D eigenvalue weighted by molar-refractivity contribution is 6.25.